The summed E-state index contributed by atoms with van der Waals surface area (Å²) in [5.41, 5.74) is 6.47. The van der Waals surface area contributed by atoms with Gasteiger partial charge in [0.25, 0.3) is 5.91 Å². The van der Waals surface area contributed by atoms with Crippen molar-refractivity contribution in [1.29, 1.82) is 0 Å². The van der Waals surface area contributed by atoms with E-state index >= 15 is 0 Å². The van der Waals surface area contributed by atoms with Gasteiger partial charge in [-0.2, -0.15) is 0 Å². The molecule has 0 aliphatic carbocycles. The van der Waals surface area contributed by atoms with Gasteiger partial charge < -0.3 is 11.1 Å². The highest BCUT2D eigenvalue weighted by Gasteiger charge is 2.12. The summed E-state index contributed by atoms with van der Waals surface area (Å²) in [6, 6.07) is 4.80. The van der Waals surface area contributed by atoms with E-state index in [0.717, 1.165) is 5.01 Å². The van der Waals surface area contributed by atoms with Crippen LogP contribution in [0.15, 0.2) is 24.4 Å². The maximum Gasteiger partial charge on any atom is 0.257 e. The topological polar surface area (TPSA) is 68.0 Å². The zero-order valence-corrected chi connectivity index (χ0v) is 10.6. The fraction of sp³-hybridized carbons (Fsp3) is 0.0909. The third kappa shape index (κ3) is 2.75. The summed E-state index contributed by atoms with van der Waals surface area (Å²) >= 11 is 7.34. The molecule has 0 aliphatic heterocycles. The Morgan fingerprint density at radius 1 is 1.53 bits per heavy atom. The molecule has 3 N–H and O–H groups in total. The Labute approximate surface area is 107 Å². The maximum atomic E-state index is 11.9. The molecule has 17 heavy (non-hydrogen) atoms. The number of rotatable bonds is 2. The van der Waals surface area contributed by atoms with Crippen LogP contribution < -0.4 is 11.1 Å². The molecule has 0 saturated carbocycles. The maximum absolute atomic E-state index is 11.9. The SMILES string of the molecule is Cc1ncc(NC(=O)c2cc(N)ccc2Cl)s1. The molecule has 1 heterocycles. The predicted octanol–water partition coefficient (Wildman–Crippen LogP) is 2.94. The van der Waals surface area contributed by atoms with E-state index in [1.807, 2.05) is 6.92 Å². The van der Waals surface area contributed by atoms with E-state index in [0.29, 0.717) is 21.3 Å². The fourth-order valence-corrected chi connectivity index (χ4v) is 2.19. The molecule has 0 fully saturated rings. The van der Waals surface area contributed by atoms with Crippen LogP contribution in [0.25, 0.3) is 0 Å². The lowest BCUT2D eigenvalue weighted by Crippen LogP contribution is -2.11. The van der Waals surface area contributed by atoms with E-state index < -0.39 is 0 Å². The van der Waals surface area contributed by atoms with Crippen molar-refractivity contribution in [3.05, 3.63) is 40.0 Å². The second-order valence-electron chi connectivity index (χ2n) is 3.44. The van der Waals surface area contributed by atoms with Gasteiger partial charge in [-0.15, -0.1) is 11.3 Å². The van der Waals surface area contributed by atoms with Crippen LogP contribution in [0.2, 0.25) is 5.02 Å². The van der Waals surface area contributed by atoms with Crippen molar-refractivity contribution in [2.45, 2.75) is 6.92 Å². The molecule has 0 atom stereocenters. The number of aromatic nitrogens is 1. The van der Waals surface area contributed by atoms with Crippen molar-refractivity contribution in [2.24, 2.45) is 0 Å². The molecule has 1 amide bonds. The van der Waals surface area contributed by atoms with Crippen molar-refractivity contribution in [3.8, 4) is 0 Å². The minimum atomic E-state index is -0.286. The van der Waals surface area contributed by atoms with Gasteiger partial charge in [0.05, 0.1) is 21.8 Å². The van der Waals surface area contributed by atoms with Crippen LogP contribution in [-0.4, -0.2) is 10.9 Å². The lowest BCUT2D eigenvalue weighted by molar-refractivity contribution is 0.102. The van der Waals surface area contributed by atoms with Gasteiger partial charge in [0.15, 0.2) is 0 Å². The number of nitrogens with one attached hydrogen (secondary N) is 1. The van der Waals surface area contributed by atoms with Crippen LogP contribution in [0.1, 0.15) is 15.4 Å². The van der Waals surface area contributed by atoms with Gasteiger partial charge in [0.2, 0.25) is 0 Å². The van der Waals surface area contributed by atoms with E-state index in [4.69, 9.17) is 17.3 Å². The summed E-state index contributed by atoms with van der Waals surface area (Å²) < 4.78 is 0. The van der Waals surface area contributed by atoms with Crippen molar-refractivity contribution in [1.82, 2.24) is 4.98 Å². The van der Waals surface area contributed by atoms with Gasteiger partial charge in [-0.25, -0.2) is 4.98 Å². The van der Waals surface area contributed by atoms with Crippen molar-refractivity contribution >= 4 is 39.5 Å². The van der Waals surface area contributed by atoms with Crippen LogP contribution in [-0.2, 0) is 0 Å². The standard InChI is InChI=1S/C11H10ClN3OS/c1-6-14-5-10(17-6)15-11(16)8-4-7(13)2-3-9(8)12/h2-5H,13H2,1H3,(H,15,16). The Morgan fingerprint density at radius 2 is 2.29 bits per heavy atom. The van der Waals surface area contributed by atoms with Crippen LogP contribution >= 0.6 is 22.9 Å². The molecule has 88 valence electrons. The van der Waals surface area contributed by atoms with Gasteiger partial charge in [0.1, 0.15) is 5.00 Å². The summed E-state index contributed by atoms with van der Waals surface area (Å²) in [4.78, 5) is 16.0. The van der Waals surface area contributed by atoms with Crippen LogP contribution in [0.4, 0.5) is 10.7 Å². The van der Waals surface area contributed by atoms with Crippen LogP contribution in [0.5, 0.6) is 0 Å². The molecule has 0 spiro atoms. The highest BCUT2D eigenvalue weighted by atomic mass is 35.5. The smallest absolute Gasteiger partial charge is 0.257 e. The Hall–Kier alpha value is -1.59. The number of carbonyl (C=O) groups is 1. The molecule has 2 aromatic rings. The molecule has 1 aromatic heterocycles. The summed E-state index contributed by atoms with van der Waals surface area (Å²) in [5, 5.41) is 4.67. The van der Waals surface area contributed by atoms with Gasteiger partial charge in [-0.1, -0.05) is 11.6 Å². The molecule has 0 bridgehead atoms. The van der Waals surface area contributed by atoms with Crippen molar-refractivity contribution < 1.29 is 4.79 Å². The molecule has 6 heteroatoms. The summed E-state index contributed by atoms with van der Waals surface area (Å²) in [6.45, 7) is 1.87. The lowest BCUT2D eigenvalue weighted by atomic mass is 10.2. The number of hydrogen-bond donors (Lipinski definition) is 2. The number of thiazole rings is 1. The van der Waals surface area contributed by atoms with Gasteiger partial charge in [-0.3, -0.25) is 4.79 Å². The number of nitrogen functional groups attached to an aromatic ring is 1. The van der Waals surface area contributed by atoms with E-state index in [1.54, 1.807) is 24.4 Å². The summed E-state index contributed by atoms with van der Waals surface area (Å²) in [6.07, 6.45) is 1.61. The van der Waals surface area contributed by atoms with E-state index in [9.17, 15) is 4.79 Å². The van der Waals surface area contributed by atoms with Gasteiger partial charge in [0, 0.05) is 5.69 Å². The van der Waals surface area contributed by atoms with Crippen LogP contribution in [0.3, 0.4) is 0 Å². The Balaban J connectivity index is 2.22. The molecule has 4 nitrogen and oxygen atoms in total. The Bertz CT molecular complexity index is 568. The first-order chi connectivity index (χ1) is 8.06. The minimum Gasteiger partial charge on any atom is -0.399 e. The minimum absolute atomic E-state index is 0.286. The second-order valence-corrected chi connectivity index (χ2v) is 5.08. The number of nitrogens with zero attached hydrogens (tertiary/aromatic N) is 1. The zero-order chi connectivity index (χ0) is 12.4. The molecule has 0 saturated heterocycles. The third-order valence-electron chi connectivity index (χ3n) is 2.09. The first kappa shape index (κ1) is 11.9. The number of amides is 1. The molecule has 2 rings (SSSR count). The quantitative estimate of drug-likeness (QED) is 0.822. The van der Waals surface area contributed by atoms with Gasteiger partial charge >= 0.3 is 0 Å². The monoisotopic (exact) mass is 267 g/mol. The van der Waals surface area contributed by atoms with Crippen LogP contribution in [0, 0.1) is 6.92 Å². The van der Waals surface area contributed by atoms with E-state index in [1.165, 1.54) is 11.3 Å². The fourth-order valence-electron chi connectivity index (χ4n) is 1.32. The molecule has 0 radical (unpaired) electrons. The van der Waals surface area contributed by atoms with E-state index in [-0.39, 0.29) is 5.91 Å². The normalized spacial score (nSPS) is 10.2. The van der Waals surface area contributed by atoms with Crippen molar-refractivity contribution in [3.63, 3.8) is 0 Å². The summed E-state index contributed by atoms with van der Waals surface area (Å²) in [5.74, 6) is -0.286. The summed E-state index contributed by atoms with van der Waals surface area (Å²) in [7, 11) is 0. The number of halogens is 1. The second kappa shape index (κ2) is 4.73. The number of carbonyl (C=O) groups excluding carboxylic acids is 1. The number of anilines is 2. The largest absolute Gasteiger partial charge is 0.399 e. The average Bonchev–Trinajstić information content (AvgIpc) is 2.67. The van der Waals surface area contributed by atoms with Crippen molar-refractivity contribution in [2.75, 3.05) is 11.1 Å². The molecular weight excluding hydrogens is 258 g/mol. The third-order valence-corrected chi connectivity index (χ3v) is 3.25. The Morgan fingerprint density at radius 3 is 2.94 bits per heavy atom. The number of benzene rings is 1. The van der Waals surface area contributed by atoms with E-state index in [2.05, 4.69) is 10.3 Å². The molecular formula is C11H10ClN3OS. The molecule has 0 unspecified atom stereocenters. The molecule has 1 aromatic carbocycles. The number of nitrogens with two attached hydrogens (primary N) is 1. The lowest BCUT2D eigenvalue weighted by Gasteiger charge is -2.05. The average molecular weight is 268 g/mol. The highest BCUT2D eigenvalue weighted by molar-refractivity contribution is 7.15. The first-order valence-corrected chi connectivity index (χ1v) is 6.04. The first-order valence-electron chi connectivity index (χ1n) is 4.85. The number of hydrogen-bond acceptors (Lipinski definition) is 4. The Kier molecular flexibility index (Phi) is 3.31. The highest BCUT2D eigenvalue weighted by Crippen LogP contribution is 2.22. The molecule has 0 aliphatic rings. The predicted molar refractivity (Wildman–Crippen MR) is 70.7 cm³/mol. The zero-order valence-electron chi connectivity index (χ0n) is 9.03. The number of aryl methyl sites for hydroxylation is 1. The van der Waals surface area contributed by atoms with Gasteiger partial charge in [-0.05, 0) is 25.1 Å².